The number of halogens is 1. The largest absolute Gasteiger partial charge is 0.445 e. The van der Waals surface area contributed by atoms with Crippen LogP contribution in [0.5, 0.6) is 0 Å². The number of nitrogens with zero attached hydrogens (tertiary/aromatic N) is 1. The second-order valence-corrected chi connectivity index (χ2v) is 5.83. The number of carbonyl (C=O) groups is 1. The first-order valence-corrected chi connectivity index (χ1v) is 7.33. The average molecular weight is 280 g/mol. The summed E-state index contributed by atoms with van der Waals surface area (Å²) >= 11 is 5.83. The van der Waals surface area contributed by atoms with Gasteiger partial charge in [0.25, 0.3) is 0 Å². The van der Waals surface area contributed by atoms with Crippen LogP contribution in [0.25, 0.3) is 0 Å². The van der Waals surface area contributed by atoms with Crippen LogP contribution in [0.3, 0.4) is 0 Å². The normalized spacial score (nSPS) is 25.8. The quantitative estimate of drug-likeness (QED) is 0.793. The van der Waals surface area contributed by atoms with E-state index in [1.54, 1.807) is 4.90 Å². The smallest absolute Gasteiger partial charge is 0.410 e. The molecule has 1 aliphatic carbocycles. The van der Waals surface area contributed by atoms with E-state index in [0.717, 1.165) is 30.5 Å². The van der Waals surface area contributed by atoms with Crippen LogP contribution >= 0.6 is 11.6 Å². The molecule has 2 fully saturated rings. The molecule has 1 saturated carbocycles. The summed E-state index contributed by atoms with van der Waals surface area (Å²) in [7, 11) is 0. The van der Waals surface area contributed by atoms with Crippen molar-refractivity contribution in [2.24, 2.45) is 17.8 Å². The van der Waals surface area contributed by atoms with Crippen molar-refractivity contribution < 1.29 is 9.53 Å². The second kappa shape index (κ2) is 5.41. The van der Waals surface area contributed by atoms with Gasteiger partial charge in [-0.1, -0.05) is 30.3 Å². The maximum atomic E-state index is 11.8. The summed E-state index contributed by atoms with van der Waals surface area (Å²) in [6.07, 6.45) is 1.05. The minimum Gasteiger partial charge on any atom is -0.445 e. The van der Waals surface area contributed by atoms with Gasteiger partial charge in [0.15, 0.2) is 0 Å². The Morgan fingerprint density at radius 2 is 2.05 bits per heavy atom. The molecule has 1 amide bonds. The topological polar surface area (TPSA) is 29.5 Å². The van der Waals surface area contributed by atoms with E-state index in [1.165, 1.54) is 6.42 Å². The standard InChI is InChI=1S/C15H18ClNO2/c16-7-12-6-14(12)13-8-17(9-13)15(18)19-10-11-4-2-1-3-5-11/h1-5,12-14H,6-10H2. The zero-order valence-electron chi connectivity index (χ0n) is 10.8. The number of rotatable bonds is 4. The number of ether oxygens (including phenoxy) is 1. The number of benzene rings is 1. The van der Waals surface area contributed by atoms with Gasteiger partial charge in [0, 0.05) is 19.0 Å². The minimum absolute atomic E-state index is 0.192. The van der Waals surface area contributed by atoms with Crippen molar-refractivity contribution in [2.75, 3.05) is 19.0 Å². The number of likely N-dealkylation sites (tertiary alicyclic amines) is 1. The Morgan fingerprint density at radius 3 is 2.68 bits per heavy atom. The van der Waals surface area contributed by atoms with E-state index in [2.05, 4.69) is 0 Å². The number of alkyl halides is 1. The first-order chi connectivity index (χ1) is 9.28. The van der Waals surface area contributed by atoms with E-state index >= 15 is 0 Å². The molecule has 1 aliphatic heterocycles. The van der Waals surface area contributed by atoms with E-state index in [4.69, 9.17) is 16.3 Å². The zero-order chi connectivity index (χ0) is 13.2. The number of carbonyl (C=O) groups excluding carboxylic acids is 1. The molecule has 0 N–H and O–H groups in total. The zero-order valence-corrected chi connectivity index (χ0v) is 11.6. The molecule has 102 valence electrons. The molecule has 0 aromatic heterocycles. The van der Waals surface area contributed by atoms with Crippen molar-refractivity contribution in [3.63, 3.8) is 0 Å². The monoisotopic (exact) mass is 279 g/mol. The Hall–Kier alpha value is -1.22. The lowest BCUT2D eigenvalue weighted by Crippen LogP contribution is -2.51. The summed E-state index contributed by atoms with van der Waals surface area (Å²) in [5.41, 5.74) is 1.03. The third-order valence-corrected chi connectivity index (χ3v) is 4.55. The van der Waals surface area contributed by atoms with Gasteiger partial charge in [0.05, 0.1) is 0 Å². The molecule has 2 unspecified atom stereocenters. The molecule has 1 aromatic carbocycles. The Kier molecular flexibility index (Phi) is 3.65. The Balaban J connectivity index is 1.39. The van der Waals surface area contributed by atoms with Crippen molar-refractivity contribution in [3.05, 3.63) is 35.9 Å². The van der Waals surface area contributed by atoms with Gasteiger partial charge in [-0.05, 0) is 29.7 Å². The molecule has 1 saturated heterocycles. The van der Waals surface area contributed by atoms with E-state index in [9.17, 15) is 4.79 Å². The lowest BCUT2D eigenvalue weighted by Gasteiger charge is -2.38. The summed E-state index contributed by atoms with van der Waals surface area (Å²) in [6, 6.07) is 9.77. The van der Waals surface area contributed by atoms with Gasteiger partial charge in [-0.15, -0.1) is 11.6 Å². The number of amides is 1. The molecular weight excluding hydrogens is 262 g/mol. The number of hydrogen-bond acceptors (Lipinski definition) is 2. The summed E-state index contributed by atoms with van der Waals surface area (Å²) < 4.78 is 5.29. The fourth-order valence-corrected chi connectivity index (χ4v) is 3.12. The van der Waals surface area contributed by atoms with Gasteiger partial charge in [-0.2, -0.15) is 0 Å². The molecule has 19 heavy (non-hydrogen) atoms. The molecule has 1 heterocycles. The van der Waals surface area contributed by atoms with E-state index in [-0.39, 0.29) is 6.09 Å². The van der Waals surface area contributed by atoms with Gasteiger partial charge in [0.1, 0.15) is 6.61 Å². The Labute approximate surface area is 118 Å². The fraction of sp³-hybridized carbons (Fsp3) is 0.533. The predicted octanol–water partition coefficient (Wildman–Crippen LogP) is 3.13. The van der Waals surface area contributed by atoms with Crippen molar-refractivity contribution >= 4 is 17.7 Å². The maximum absolute atomic E-state index is 11.8. The summed E-state index contributed by atoms with van der Waals surface area (Å²) in [5, 5.41) is 0. The van der Waals surface area contributed by atoms with E-state index < -0.39 is 0 Å². The van der Waals surface area contributed by atoms with Crippen LogP contribution in [0.1, 0.15) is 12.0 Å². The van der Waals surface area contributed by atoms with Crippen molar-refractivity contribution in [2.45, 2.75) is 13.0 Å². The highest BCUT2D eigenvalue weighted by Crippen LogP contribution is 2.48. The maximum Gasteiger partial charge on any atom is 0.410 e. The minimum atomic E-state index is -0.192. The van der Waals surface area contributed by atoms with E-state index in [1.807, 2.05) is 30.3 Å². The first-order valence-electron chi connectivity index (χ1n) is 6.79. The van der Waals surface area contributed by atoms with Crippen LogP contribution in [0.15, 0.2) is 30.3 Å². The lowest BCUT2D eigenvalue weighted by atomic mass is 9.94. The van der Waals surface area contributed by atoms with Crippen molar-refractivity contribution in [1.82, 2.24) is 4.90 Å². The van der Waals surface area contributed by atoms with Gasteiger partial charge in [-0.3, -0.25) is 0 Å². The van der Waals surface area contributed by atoms with Gasteiger partial charge in [0.2, 0.25) is 0 Å². The average Bonchev–Trinajstić information content (AvgIpc) is 3.15. The van der Waals surface area contributed by atoms with Crippen LogP contribution in [0.2, 0.25) is 0 Å². The highest BCUT2D eigenvalue weighted by molar-refractivity contribution is 6.18. The summed E-state index contributed by atoms with van der Waals surface area (Å²) in [6.45, 7) is 2.03. The number of hydrogen-bond donors (Lipinski definition) is 0. The fourth-order valence-electron chi connectivity index (χ4n) is 2.77. The van der Waals surface area contributed by atoms with Gasteiger partial charge >= 0.3 is 6.09 Å². The van der Waals surface area contributed by atoms with Crippen molar-refractivity contribution in [1.29, 1.82) is 0 Å². The molecule has 0 bridgehead atoms. The first kappa shape index (κ1) is 12.8. The second-order valence-electron chi connectivity index (χ2n) is 5.52. The third-order valence-electron chi connectivity index (χ3n) is 4.15. The summed E-state index contributed by atoms with van der Waals surface area (Å²) in [4.78, 5) is 13.6. The SMILES string of the molecule is O=C(OCc1ccccc1)N1CC(C2CC2CCl)C1. The molecule has 0 radical (unpaired) electrons. The van der Waals surface area contributed by atoms with Crippen LogP contribution in [-0.2, 0) is 11.3 Å². The molecule has 2 aliphatic rings. The van der Waals surface area contributed by atoms with Gasteiger partial charge in [-0.25, -0.2) is 4.79 Å². The molecule has 3 rings (SSSR count). The lowest BCUT2D eigenvalue weighted by molar-refractivity contribution is 0.0420. The molecule has 4 heteroatoms. The Morgan fingerprint density at radius 1 is 1.32 bits per heavy atom. The highest BCUT2D eigenvalue weighted by Gasteiger charge is 2.48. The molecule has 3 nitrogen and oxygen atoms in total. The van der Waals surface area contributed by atoms with Gasteiger partial charge < -0.3 is 9.64 Å². The highest BCUT2D eigenvalue weighted by atomic mass is 35.5. The van der Waals surface area contributed by atoms with Crippen LogP contribution < -0.4 is 0 Å². The molecular formula is C15H18ClNO2. The summed E-state index contributed by atoms with van der Waals surface area (Å²) in [5.74, 6) is 2.84. The third kappa shape index (κ3) is 2.86. The predicted molar refractivity (Wildman–Crippen MR) is 74.0 cm³/mol. The van der Waals surface area contributed by atoms with Crippen LogP contribution in [0, 0.1) is 17.8 Å². The van der Waals surface area contributed by atoms with Crippen LogP contribution in [-0.4, -0.2) is 30.0 Å². The van der Waals surface area contributed by atoms with Crippen LogP contribution in [0.4, 0.5) is 4.79 Å². The van der Waals surface area contributed by atoms with Crippen molar-refractivity contribution in [3.8, 4) is 0 Å². The molecule has 2 atom stereocenters. The molecule has 0 spiro atoms. The Bertz CT molecular complexity index is 445. The van der Waals surface area contributed by atoms with E-state index in [0.29, 0.717) is 18.4 Å². The molecule has 1 aromatic rings.